The Hall–Kier alpha value is -1.80. The fourth-order valence-corrected chi connectivity index (χ4v) is 3.20. The van der Waals surface area contributed by atoms with E-state index in [2.05, 4.69) is 0 Å². The highest BCUT2D eigenvalue weighted by molar-refractivity contribution is 5.17. The van der Waals surface area contributed by atoms with Crippen molar-refractivity contribution in [2.45, 2.75) is 37.2 Å². The minimum absolute atomic E-state index is 0.0122. The summed E-state index contributed by atoms with van der Waals surface area (Å²) in [4.78, 5) is 1.94. The normalized spacial score (nSPS) is 29.0. The molecule has 1 heterocycles. The Morgan fingerprint density at radius 1 is 0.885 bits per heavy atom. The van der Waals surface area contributed by atoms with Gasteiger partial charge in [0.1, 0.15) is 18.3 Å². The molecule has 140 valence electrons. The highest BCUT2D eigenvalue weighted by atomic mass is 16.6. The van der Waals surface area contributed by atoms with Crippen molar-refractivity contribution >= 4 is 0 Å². The van der Waals surface area contributed by atoms with Gasteiger partial charge in [-0.3, -0.25) is 4.90 Å². The summed E-state index contributed by atoms with van der Waals surface area (Å²) in [6, 6.07) is 19.6. The summed E-state index contributed by atoms with van der Waals surface area (Å²) in [7, 11) is 0. The molecular weight excluding hydrogens is 334 g/mol. The van der Waals surface area contributed by atoms with Gasteiger partial charge in [-0.1, -0.05) is 60.7 Å². The van der Waals surface area contributed by atoms with Gasteiger partial charge in [0.15, 0.2) is 0 Å². The van der Waals surface area contributed by atoms with Crippen LogP contribution in [0.25, 0.3) is 0 Å². The van der Waals surface area contributed by atoms with Gasteiger partial charge in [0, 0.05) is 13.1 Å². The van der Waals surface area contributed by atoms with E-state index >= 15 is 0 Å². The average Bonchev–Trinajstić information content (AvgIpc) is 2.65. The average molecular weight is 359 g/mol. The molecule has 1 fully saturated rings. The molecule has 4 atom stereocenters. The predicted octanol–water partition coefficient (Wildman–Crippen LogP) is 0.490. The van der Waals surface area contributed by atoms with Crippen LogP contribution in [-0.2, 0) is 17.8 Å². The van der Waals surface area contributed by atoms with Crippen LogP contribution in [0.15, 0.2) is 60.7 Å². The summed E-state index contributed by atoms with van der Waals surface area (Å²) in [5.41, 5.74) is 2.11. The molecule has 2 aromatic carbocycles. The van der Waals surface area contributed by atoms with Crippen molar-refractivity contribution in [1.82, 2.24) is 4.90 Å². The number of aliphatic hydroxyl groups excluding tert-OH is 3. The van der Waals surface area contributed by atoms with Crippen LogP contribution in [0, 0.1) is 0 Å². The molecule has 0 bridgehead atoms. The lowest BCUT2D eigenvalue weighted by molar-refractivity contribution is -0.325. The zero-order valence-corrected chi connectivity index (χ0v) is 14.5. The third-order valence-corrected chi connectivity index (χ3v) is 4.63. The summed E-state index contributed by atoms with van der Waals surface area (Å²) in [6.45, 7) is 0.820. The largest absolute Gasteiger partial charge is 0.388 e. The van der Waals surface area contributed by atoms with E-state index in [1.807, 2.05) is 65.6 Å². The first-order valence-corrected chi connectivity index (χ1v) is 8.69. The molecule has 6 nitrogen and oxygen atoms in total. The molecule has 0 aromatic heterocycles. The Balaban J connectivity index is 1.78. The van der Waals surface area contributed by atoms with Gasteiger partial charge in [0.05, 0.1) is 13.2 Å². The summed E-state index contributed by atoms with van der Waals surface area (Å²) < 4.78 is 5.32. The number of benzene rings is 2. The molecule has 1 aliphatic heterocycles. The molecule has 0 unspecified atom stereocenters. The van der Waals surface area contributed by atoms with Crippen LogP contribution in [0.4, 0.5) is 0 Å². The molecule has 2 aromatic rings. The van der Waals surface area contributed by atoms with E-state index in [1.165, 1.54) is 0 Å². The zero-order chi connectivity index (χ0) is 18.6. The lowest BCUT2D eigenvalue weighted by Gasteiger charge is -2.43. The second kappa shape index (κ2) is 8.26. The van der Waals surface area contributed by atoms with Crippen LogP contribution in [-0.4, -0.2) is 62.6 Å². The minimum atomic E-state index is -1.96. The molecule has 0 radical (unpaired) electrons. The molecule has 0 saturated carbocycles. The molecule has 3 rings (SSSR count). The molecule has 6 heteroatoms. The molecule has 1 aliphatic rings. The first-order valence-electron chi connectivity index (χ1n) is 8.69. The second-order valence-corrected chi connectivity index (χ2v) is 6.77. The van der Waals surface area contributed by atoms with E-state index in [1.54, 1.807) is 0 Å². The van der Waals surface area contributed by atoms with Gasteiger partial charge in [-0.25, -0.2) is 0 Å². The van der Waals surface area contributed by atoms with Crippen molar-refractivity contribution in [3.8, 4) is 0 Å². The number of aliphatic hydroxyl groups is 4. The third kappa shape index (κ3) is 4.48. The quantitative estimate of drug-likeness (QED) is 0.600. The van der Waals surface area contributed by atoms with E-state index in [9.17, 15) is 20.4 Å². The number of nitrogens with zero attached hydrogens (tertiary/aromatic N) is 1. The SMILES string of the molecule is O[C@H]1[C@H](O)CO[C@](O)(CN(Cc2ccccc2)Cc2ccccc2)[C@H]1O. The maximum atomic E-state index is 10.8. The first kappa shape index (κ1) is 19.0. The van der Waals surface area contributed by atoms with Crippen molar-refractivity contribution < 1.29 is 25.2 Å². The van der Waals surface area contributed by atoms with E-state index in [0.29, 0.717) is 13.1 Å². The number of ether oxygens (including phenoxy) is 1. The van der Waals surface area contributed by atoms with E-state index in [4.69, 9.17) is 4.74 Å². The minimum Gasteiger partial charge on any atom is -0.388 e. The highest BCUT2D eigenvalue weighted by Gasteiger charge is 2.49. The lowest BCUT2D eigenvalue weighted by atomic mass is 9.96. The summed E-state index contributed by atoms with van der Waals surface area (Å²) in [5.74, 6) is -1.96. The maximum absolute atomic E-state index is 10.8. The van der Waals surface area contributed by atoms with Gasteiger partial charge in [-0.05, 0) is 11.1 Å². The molecule has 0 amide bonds. The Labute approximate surface area is 152 Å². The third-order valence-electron chi connectivity index (χ3n) is 4.63. The number of hydrogen-bond donors (Lipinski definition) is 4. The van der Waals surface area contributed by atoms with Crippen molar-refractivity contribution in [3.63, 3.8) is 0 Å². The zero-order valence-electron chi connectivity index (χ0n) is 14.5. The summed E-state index contributed by atoms with van der Waals surface area (Å²) >= 11 is 0. The summed E-state index contributed by atoms with van der Waals surface area (Å²) in [5, 5.41) is 40.5. The van der Waals surface area contributed by atoms with E-state index in [0.717, 1.165) is 11.1 Å². The van der Waals surface area contributed by atoms with E-state index in [-0.39, 0.29) is 13.2 Å². The van der Waals surface area contributed by atoms with Gasteiger partial charge in [-0.15, -0.1) is 0 Å². The van der Waals surface area contributed by atoms with Crippen molar-refractivity contribution in [2.24, 2.45) is 0 Å². The smallest absolute Gasteiger partial charge is 0.207 e. The predicted molar refractivity (Wildman–Crippen MR) is 95.9 cm³/mol. The monoisotopic (exact) mass is 359 g/mol. The van der Waals surface area contributed by atoms with Gasteiger partial charge >= 0.3 is 0 Å². The summed E-state index contributed by atoms with van der Waals surface area (Å²) in [6.07, 6.45) is -4.27. The molecular formula is C20H25NO5. The van der Waals surface area contributed by atoms with Crippen LogP contribution in [0.5, 0.6) is 0 Å². The Bertz CT molecular complexity index is 642. The van der Waals surface area contributed by atoms with Gasteiger partial charge in [-0.2, -0.15) is 0 Å². The van der Waals surface area contributed by atoms with Crippen molar-refractivity contribution in [2.75, 3.05) is 13.2 Å². The first-order chi connectivity index (χ1) is 12.5. The highest BCUT2D eigenvalue weighted by Crippen LogP contribution is 2.26. The van der Waals surface area contributed by atoms with Crippen LogP contribution >= 0.6 is 0 Å². The Morgan fingerprint density at radius 3 is 1.88 bits per heavy atom. The Kier molecular flexibility index (Phi) is 6.03. The molecule has 1 saturated heterocycles. The van der Waals surface area contributed by atoms with Crippen molar-refractivity contribution in [3.05, 3.63) is 71.8 Å². The number of hydrogen-bond acceptors (Lipinski definition) is 6. The van der Waals surface area contributed by atoms with Crippen LogP contribution in [0.1, 0.15) is 11.1 Å². The van der Waals surface area contributed by atoms with E-state index < -0.39 is 24.1 Å². The van der Waals surface area contributed by atoms with Gasteiger partial charge in [0.25, 0.3) is 0 Å². The molecule has 4 N–H and O–H groups in total. The van der Waals surface area contributed by atoms with Crippen LogP contribution in [0.2, 0.25) is 0 Å². The molecule has 0 aliphatic carbocycles. The Morgan fingerprint density at radius 2 is 1.38 bits per heavy atom. The number of rotatable bonds is 6. The fourth-order valence-electron chi connectivity index (χ4n) is 3.20. The van der Waals surface area contributed by atoms with Crippen LogP contribution < -0.4 is 0 Å². The standard InChI is InChI=1S/C20H25NO5/c22-17-13-26-20(25,19(24)18(17)23)14-21(11-15-7-3-1-4-8-15)12-16-9-5-2-6-10-16/h1-10,17-19,22-25H,11-14H2/t17-,18+,19+,20-/m1/s1. The van der Waals surface area contributed by atoms with Gasteiger partial charge < -0.3 is 25.2 Å². The fraction of sp³-hybridized carbons (Fsp3) is 0.400. The van der Waals surface area contributed by atoms with Crippen LogP contribution in [0.3, 0.4) is 0 Å². The lowest BCUT2D eigenvalue weighted by Crippen LogP contribution is -2.64. The molecule has 0 spiro atoms. The second-order valence-electron chi connectivity index (χ2n) is 6.77. The molecule has 26 heavy (non-hydrogen) atoms. The maximum Gasteiger partial charge on any atom is 0.207 e. The van der Waals surface area contributed by atoms with Crippen molar-refractivity contribution in [1.29, 1.82) is 0 Å². The van der Waals surface area contributed by atoms with Gasteiger partial charge in [0.2, 0.25) is 5.79 Å². The topological polar surface area (TPSA) is 93.4 Å².